The van der Waals surface area contributed by atoms with Crippen LogP contribution >= 0.6 is 11.6 Å². The second kappa shape index (κ2) is 6.69. The Labute approximate surface area is 98.3 Å². The number of halogens is 1. The predicted molar refractivity (Wildman–Crippen MR) is 64.6 cm³/mol. The van der Waals surface area contributed by atoms with Gasteiger partial charge in [0.2, 0.25) is 0 Å². The van der Waals surface area contributed by atoms with E-state index in [2.05, 4.69) is 30.8 Å². The molecule has 0 aromatic carbocycles. The maximum atomic E-state index is 5.54. The summed E-state index contributed by atoms with van der Waals surface area (Å²) < 4.78 is 5.39. The van der Waals surface area contributed by atoms with Crippen molar-refractivity contribution in [2.24, 2.45) is 5.92 Å². The zero-order valence-electron chi connectivity index (χ0n) is 10.1. The average molecular weight is 235 g/mol. The van der Waals surface area contributed by atoms with E-state index >= 15 is 0 Å². The number of rotatable bonds is 6. The molecule has 0 aromatic heterocycles. The van der Waals surface area contributed by atoms with Gasteiger partial charge in [-0.1, -0.05) is 6.92 Å². The van der Waals surface area contributed by atoms with Crippen LogP contribution in [0.4, 0.5) is 0 Å². The predicted octanol–water partition coefficient (Wildman–Crippen LogP) is 1.12. The van der Waals surface area contributed by atoms with Gasteiger partial charge in [-0.3, -0.25) is 4.90 Å². The highest BCUT2D eigenvalue weighted by atomic mass is 35.5. The Morgan fingerprint density at radius 2 is 2.07 bits per heavy atom. The topological polar surface area (TPSA) is 15.7 Å². The Balaban J connectivity index is 2.17. The van der Waals surface area contributed by atoms with E-state index in [9.17, 15) is 0 Å². The Bertz CT molecular complexity index is 178. The van der Waals surface area contributed by atoms with Gasteiger partial charge in [0.05, 0.1) is 13.2 Å². The van der Waals surface area contributed by atoms with E-state index in [0.29, 0.717) is 18.5 Å². The van der Waals surface area contributed by atoms with E-state index in [1.807, 2.05) is 0 Å². The number of alkyl halides is 1. The van der Waals surface area contributed by atoms with Crippen LogP contribution in [0.15, 0.2) is 0 Å². The number of hydrogen-bond acceptors (Lipinski definition) is 3. The molecule has 2 unspecified atom stereocenters. The molecule has 1 saturated heterocycles. The molecular weight excluding hydrogens is 212 g/mol. The average Bonchev–Trinajstić information content (AvgIpc) is 2.55. The van der Waals surface area contributed by atoms with Gasteiger partial charge in [-0.15, -0.1) is 11.6 Å². The second-order valence-corrected chi connectivity index (χ2v) is 4.95. The number of likely N-dealkylation sites (N-methyl/N-ethyl adjacent to an activating group) is 1. The van der Waals surface area contributed by atoms with E-state index in [-0.39, 0.29) is 0 Å². The minimum Gasteiger partial charge on any atom is -0.379 e. The summed E-state index contributed by atoms with van der Waals surface area (Å²) in [6.07, 6.45) is 0. The van der Waals surface area contributed by atoms with Crippen molar-refractivity contribution in [3.05, 3.63) is 0 Å². The van der Waals surface area contributed by atoms with Gasteiger partial charge < -0.3 is 9.64 Å². The largest absolute Gasteiger partial charge is 0.379 e. The SMILES string of the molecule is CC1CN(CCOCCCl)CC1N(C)C. The van der Waals surface area contributed by atoms with Crippen LogP contribution in [-0.4, -0.2) is 68.7 Å². The zero-order chi connectivity index (χ0) is 11.3. The Hall–Kier alpha value is 0.170. The zero-order valence-corrected chi connectivity index (χ0v) is 10.8. The molecule has 0 saturated carbocycles. The molecule has 3 nitrogen and oxygen atoms in total. The molecule has 1 fully saturated rings. The maximum absolute atomic E-state index is 5.54. The van der Waals surface area contributed by atoms with Crippen LogP contribution < -0.4 is 0 Å². The summed E-state index contributed by atoms with van der Waals surface area (Å²) in [6, 6.07) is 0.693. The van der Waals surface area contributed by atoms with Crippen LogP contribution in [0, 0.1) is 5.92 Å². The van der Waals surface area contributed by atoms with Crippen LogP contribution in [0.1, 0.15) is 6.92 Å². The van der Waals surface area contributed by atoms with Crippen molar-refractivity contribution in [2.75, 3.05) is 52.8 Å². The van der Waals surface area contributed by atoms with Crippen molar-refractivity contribution in [3.8, 4) is 0 Å². The summed E-state index contributed by atoms with van der Waals surface area (Å²) in [7, 11) is 4.32. The number of ether oxygens (including phenoxy) is 1. The summed E-state index contributed by atoms with van der Waals surface area (Å²) in [4.78, 5) is 4.80. The number of hydrogen-bond donors (Lipinski definition) is 0. The lowest BCUT2D eigenvalue weighted by atomic mass is 10.1. The molecule has 1 aliphatic rings. The summed E-state index contributed by atoms with van der Waals surface area (Å²) in [5, 5.41) is 0. The lowest BCUT2D eigenvalue weighted by Crippen LogP contribution is -2.34. The quantitative estimate of drug-likeness (QED) is 0.506. The van der Waals surface area contributed by atoms with Crippen molar-refractivity contribution in [3.63, 3.8) is 0 Å². The Kier molecular flexibility index (Phi) is 5.90. The Morgan fingerprint density at radius 1 is 1.33 bits per heavy atom. The summed E-state index contributed by atoms with van der Waals surface area (Å²) in [5.41, 5.74) is 0. The molecule has 0 amide bonds. The van der Waals surface area contributed by atoms with Crippen molar-refractivity contribution < 1.29 is 4.74 Å². The van der Waals surface area contributed by atoms with Gasteiger partial charge in [-0.25, -0.2) is 0 Å². The van der Waals surface area contributed by atoms with Crippen LogP contribution in [0.5, 0.6) is 0 Å². The first-order chi connectivity index (χ1) is 7.15. The molecule has 1 aliphatic heterocycles. The highest BCUT2D eigenvalue weighted by Gasteiger charge is 2.30. The lowest BCUT2D eigenvalue weighted by molar-refractivity contribution is 0.120. The highest BCUT2D eigenvalue weighted by Crippen LogP contribution is 2.19. The molecule has 0 aliphatic carbocycles. The lowest BCUT2D eigenvalue weighted by Gasteiger charge is -2.22. The molecule has 2 atom stereocenters. The van der Waals surface area contributed by atoms with Gasteiger partial charge in [-0.2, -0.15) is 0 Å². The first kappa shape index (κ1) is 13.2. The monoisotopic (exact) mass is 234 g/mol. The molecule has 1 rings (SSSR count). The molecule has 15 heavy (non-hydrogen) atoms. The van der Waals surface area contributed by atoms with Crippen molar-refractivity contribution in [1.29, 1.82) is 0 Å². The van der Waals surface area contributed by atoms with Gasteiger partial charge in [0.15, 0.2) is 0 Å². The molecule has 0 radical (unpaired) electrons. The molecule has 0 N–H and O–H groups in total. The van der Waals surface area contributed by atoms with Gasteiger partial charge in [-0.05, 0) is 20.0 Å². The smallest absolute Gasteiger partial charge is 0.0602 e. The number of nitrogens with zero attached hydrogens (tertiary/aromatic N) is 2. The summed E-state index contributed by atoms with van der Waals surface area (Å²) >= 11 is 5.54. The third-order valence-electron chi connectivity index (χ3n) is 3.08. The molecule has 1 heterocycles. The molecule has 90 valence electrons. The van der Waals surface area contributed by atoms with Gasteiger partial charge in [0.1, 0.15) is 0 Å². The molecule has 0 aromatic rings. The highest BCUT2D eigenvalue weighted by molar-refractivity contribution is 6.17. The van der Waals surface area contributed by atoms with Gasteiger partial charge >= 0.3 is 0 Å². The fourth-order valence-corrected chi connectivity index (χ4v) is 2.36. The first-order valence-corrected chi connectivity index (χ1v) is 6.21. The molecule has 0 bridgehead atoms. The van der Waals surface area contributed by atoms with Gasteiger partial charge in [0, 0.05) is 31.6 Å². The van der Waals surface area contributed by atoms with Gasteiger partial charge in [0.25, 0.3) is 0 Å². The first-order valence-electron chi connectivity index (χ1n) is 5.67. The normalized spacial score (nSPS) is 27.8. The standard InChI is InChI=1S/C11H23ClN2O/c1-10-8-14(5-7-15-6-4-12)9-11(10)13(2)3/h10-11H,4-9H2,1-3H3. The summed E-state index contributed by atoms with van der Waals surface area (Å²) in [5.74, 6) is 1.35. The van der Waals surface area contributed by atoms with Crippen LogP contribution in [0.3, 0.4) is 0 Å². The van der Waals surface area contributed by atoms with Crippen LogP contribution in [0.25, 0.3) is 0 Å². The van der Waals surface area contributed by atoms with E-state index in [1.165, 1.54) is 13.1 Å². The van der Waals surface area contributed by atoms with E-state index in [4.69, 9.17) is 16.3 Å². The third kappa shape index (κ3) is 4.27. The van der Waals surface area contributed by atoms with Crippen molar-refractivity contribution in [1.82, 2.24) is 9.80 Å². The molecule has 0 spiro atoms. The minimum atomic E-state index is 0.594. The summed E-state index contributed by atoms with van der Waals surface area (Å²) in [6.45, 7) is 7.18. The van der Waals surface area contributed by atoms with Crippen molar-refractivity contribution in [2.45, 2.75) is 13.0 Å². The maximum Gasteiger partial charge on any atom is 0.0602 e. The third-order valence-corrected chi connectivity index (χ3v) is 3.24. The minimum absolute atomic E-state index is 0.594. The van der Waals surface area contributed by atoms with E-state index in [1.54, 1.807) is 0 Å². The van der Waals surface area contributed by atoms with E-state index in [0.717, 1.165) is 19.1 Å². The second-order valence-electron chi connectivity index (χ2n) is 4.57. The molecular formula is C11H23ClN2O. The van der Waals surface area contributed by atoms with Crippen LogP contribution in [0.2, 0.25) is 0 Å². The Morgan fingerprint density at radius 3 is 2.60 bits per heavy atom. The number of likely N-dealkylation sites (tertiary alicyclic amines) is 1. The fraction of sp³-hybridized carbons (Fsp3) is 1.00. The molecule has 4 heteroatoms. The fourth-order valence-electron chi connectivity index (χ4n) is 2.25. The van der Waals surface area contributed by atoms with Crippen LogP contribution in [-0.2, 0) is 4.74 Å². The van der Waals surface area contributed by atoms with Crippen molar-refractivity contribution >= 4 is 11.6 Å². The van der Waals surface area contributed by atoms with E-state index < -0.39 is 0 Å².